The van der Waals surface area contributed by atoms with Crippen LogP contribution in [0.15, 0.2) is 24.3 Å². The summed E-state index contributed by atoms with van der Waals surface area (Å²) in [6.07, 6.45) is 0. The van der Waals surface area contributed by atoms with E-state index in [-0.39, 0.29) is 4.88 Å². The third-order valence-electron chi connectivity index (χ3n) is 3.28. The van der Waals surface area contributed by atoms with Gasteiger partial charge < -0.3 is 10.8 Å². The zero-order valence-electron chi connectivity index (χ0n) is 12.2. The van der Waals surface area contributed by atoms with Crippen molar-refractivity contribution in [3.8, 4) is 11.3 Å². The van der Waals surface area contributed by atoms with Gasteiger partial charge in [0, 0.05) is 11.3 Å². The molecule has 3 N–H and O–H groups in total. The fourth-order valence-electron chi connectivity index (χ4n) is 2.10. The van der Waals surface area contributed by atoms with E-state index in [1.165, 1.54) is 11.3 Å². The molecule has 0 saturated carbocycles. The van der Waals surface area contributed by atoms with Crippen molar-refractivity contribution in [1.82, 2.24) is 9.88 Å². The van der Waals surface area contributed by atoms with Crippen molar-refractivity contribution in [3.05, 3.63) is 34.2 Å². The van der Waals surface area contributed by atoms with E-state index in [0.29, 0.717) is 17.9 Å². The van der Waals surface area contributed by atoms with Gasteiger partial charge in [0.1, 0.15) is 9.88 Å². The summed E-state index contributed by atoms with van der Waals surface area (Å²) in [5.41, 5.74) is 7.62. The molecule has 0 fully saturated rings. The monoisotopic (exact) mass is 305 g/mol. The highest BCUT2D eigenvalue weighted by Crippen LogP contribution is 2.30. The Labute approximate surface area is 128 Å². The van der Waals surface area contributed by atoms with Gasteiger partial charge in [-0.3, -0.25) is 4.90 Å². The highest BCUT2D eigenvalue weighted by atomic mass is 32.1. The quantitative estimate of drug-likeness (QED) is 0.802. The van der Waals surface area contributed by atoms with Crippen molar-refractivity contribution < 1.29 is 9.90 Å². The fraction of sp³-hybridized carbons (Fsp3) is 0.333. The van der Waals surface area contributed by atoms with Crippen LogP contribution in [0.4, 0.5) is 5.69 Å². The van der Waals surface area contributed by atoms with E-state index in [1.807, 2.05) is 6.07 Å². The number of nitrogens with two attached hydrogens (primary N) is 1. The van der Waals surface area contributed by atoms with Crippen molar-refractivity contribution in [2.45, 2.75) is 20.4 Å². The van der Waals surface area contributed by atoms with Crippen molar-refractivity contribution in [2.24, 2.45) is 0 Å². The smallest absolute Gasteiger partial charge is 0.348 e. The molecular formula is C15H19N3O2S. The number of anilines is 1. The molecule has 0 unspecified atom stereocenters. The lowest BCUT2D eigenvalue weighted by molar-refractivity contribution is 0.0702. The van der Waals surface area contributed by atoms with Gasteiger partial charge in [0.25, 0.3) is 0 Å². The second-order valence-corrected chi connectivity index (χ2v) is 5.76. The lowest BCUT2D eigenvalue weighted by Gasteiger charge is -2.15. The molecule has 1 heterocycles. The van der Waals surface area contributed by atoms with Gasteiger partial charge in [0.2, 0.25) is 0 Å². The first-order valence-electron chi connectivity index (χ1n) is 6.86. The van der Waals surface area contributed by atoms with E-state index >= 15 is 0 Å². The molecule has 0 bridgehead atoms. The van der Waals surface area contributed by atoms with Crippen LogP contribution in [0.2, 0.25) is 0 Å². The molecule has 1 aromatic carbocycles. The van der Waals surface area contributed by atoms with Crippen molar-refractivity contribution in [3.63, 3.8) is 0 Å². The van der Waals surface area contributed by atoms with Gasteiger partial charge in [-0.25, -0.2) is 9.78 Å². The number of aromatic carboxylic acids is 1. The average molecular weight is 305 g/mol. The van der Waals surface area contributed by atoms with Gasteiger partial charge in [-0.15, -0.1) is 11.3 Å². The van der Waals surface area contributed by atoms with E-state index in [4.69, 9.17) is 5.73 Å². The van der Waals surface area contributed by atoms with Crippen LogP contribution in [0.5, 0.6) is 0 Å². The molecule has 0 aliphatic heterocycles. The number of benzene rings is 1. The average Bonchev–Trinajstić information content (AvgIpc) is 2.89. The number of rotatable bonds is 6. The molecule has 1 aromatic heterocycles. The third-order valence-corrected chi connectivity index (χ3v) is 4.31. The fourth-order valence-corrected chi connectivity index (χ4v) is 3.06. The van der Waals surface area contributed by atoms with Crippen LogP contribution in [0, 0.1) is 0 Å². The summed E-state index contributed by atoms with van der Waals surface area (Å²) in [4.78, 5) is 18.4. The summed E-state index contributed by atoms with van der Waals surface area (Å²) < 4.78 is 0. The summed E-state index contributed by atoms with van der Waals surface area (Å²) in [5.74, 6) is -0.948. The van der Waals surface area contributed by atoms with Gasteiger partial charge >= 0.3 is 5.97 Å². The van der Waals surface area contributed by atoms with Crippen LogP contribution in [-0.2, 0) is 6.54 Å². The number of nitrogens with zero attached hydrogens (tertiary/aromatic N) is 2. The molecule has 0 aliphatic carbocycles. The Morgan fingerprint density at radius 3 is 2.67 bits per heavy atom. The largest absolute Gasteiger partial charge is 0.477 e. The summed E-state index contributed by atoms with van der Waals surface area (Å²) in [7, 11) is 0. The molecule has 0 spiro atoms. The molecule has 6 heteroatoms. The first-order valence-corrected chi connectivity index (χ1v) is 7.68. The first-order chi connectivity index (χ1) is 10.0. The Morgan fingerprint density at radius 2 is 2.10 bits per heavy atom. The number of nitrogen functional groups attached to an aromatic ring is 1. The van der Waals surface area contributed by atoms with Crippen molar-refractivity contribution in [1.29, 1.82) is 0 Å². The standard InChI is InChI=1S/C15H19N3O2S/c1-3-18(4-2)9-12-17-13(14(21-12)15(19)20)10-6-5-7-11(16)8-10/h5-8H,3-4,9,16H2,1-2H3,(H,19,20). The minimum Gasteiger partial charge on any atom is -0.477 e. The van der Waals surface area contributed by atoms with Crippen LogP contribution >= 0.6 is 11.3 Å². The Morgan fingerprint density at radius 1 is 1.38 bits per heavy atom. The molecule has 0 aliphatic rings. The van der Waals surface area contributed by atoms with Crippen LogP contribution in [0.1, 0.15) is 28.5 Å². The van der Waals surface area contributed by atoms with Gasteiger partial charge in [-0.05, 0) is 25.2 Å². The summed E-state index contributed by atoms with van der Waals surface area (Å²) in [6.45, 7) is 6.64. The number of aromatic nitrogens is 1. The predicted octanol–water partition coefficient (Wildman–Crippen LogP) is 2.93. The van der Waals surface area contributed by atoms with E-state index in [0.717, 1.165) is 23.7 Å². The van der Waals surface area contributed by atoms with E-state index in [9.17, 15) is 9.90 Å². The van der Waals surface area contributed by atoms with Gasteiger partial charge in [-0.1, -0.05) is 26.0 Å². The Kier molecular flexibility index (Phi) is 4.93. The number of carboxylic acid groups (broad SMARTS) is 1. The zero-order chi connectivity index (χ0) is 15.4. The topological polar surface area (TPSA) is 79.5 Å². The Balaban J connectivity index is 2.40. The van der Waals surface area contributed by atoms with Crippen LogP contribution in [0.3, 0.4) is 0 Å². The first kappa shape index (κ1) is 15.5. The Hall–Kier alpha value is -1.92. The molecule has 21 heavy (non-hydrogen) atoms. The van der Waals surface area contributed by atoms with Gasteiger partial charge in [0.05, 0.1) is 12.2 Å². The maximum atomic E-state index is 11.4. The van der Waals surface area contributed by atoms with Crippen molar-refractivity contribution in [2.75, 3.05) is 18.8 Å². The summed E-state index contributed by atoms with van der Waals surface area (Å²) in [5, 5.41) is 10.2. The molecule has 0 atom stereocenters. The van der Waals surface area contributed by atoms with Gasteiger partial charge in [0.15, 0.2) is 0 Å². The molecule has 0 saturated heterocycles. The Bertz CT molecular complexity index is 636. The second kappa shape index (κ2) is 6.69. The van der Waals surface area contributed by atoms with Crippen LogP contribution < -0.4 is 5.73 Å². The van der Waals surface area contributed by atoms with E-state index in [2.05, 4.69) is 23.7 Å². The maximum absolute atomic E-state index is 11.4. The maximum Gasteiger partial charge on any atom is 0.348 e. The molecule has 0 radical (unpaired) electrons. The second-order valence-electron chi connectivity index (χ2n) is 4.68. The van der Waals surface area contributed by atoms with Crippen molar-refractivity contribution >= 4 is 23.0 Å². The number of thiazole rings is 1. The minimum atomic E-state index is -0.948. The molecule has 2 rings (SSSR count). The SMILES string of the molecule is CCN(CC)Cc1nc(-c2cccc(N)c2)c(C(=O)O)s1. The molecule has 0 amide bonds. The zero-order valence-corrected chi connectivity index (χ0v) is 13.0. The molecule has 5 nitrogen and oxygen atoms in total. The highest BCUT2D eigenvalue weighted by molar-refractivity contribution is 7.14. The number of carbonyl (C=O) groups is 1. The summed E-state index contributed by atoms with van der Waals surface area (Å²) >= 11 is 1.23. The predicted molar refractivity (Wildman–Crippen MR) is 85.5 cm³/mol. The molecular weight excluding hydrogens is 286 g/mol. The number of hydrogen-bond donors (Lipinski definition) is 2. The van der Waals surface area contributed by atoms with Gasteiger partial charge in [-0.2, -0.15) is 0 Å². The van der Waals surface area contributed by atoms with Crippen LogP contribution in [0.25, 0.3) is 11.3 Å². The van der Waals surface area contributed by atoms with E-state index in [1.54, 1.807) is 18.2 Å². The highest BCUT2D eigenvalue weighted by Gasteiger charge is 2.19. The number of carboxylic acids is 1. The number of hydrogen-bond acceptors (Lipinski definition) is 5. The van der Waals surface area contributed by atoms with Crippen LogP contribution in [-0.4, -0.2) is 34.0 Å². The third kappa shape index (κ3) is 3.59. The lowest BCUT2D eigenvalue weighted by Crippen LogP contribution is -2.21. The molecule has 2 aromatic rings. The lowest BCUT2D eigenvalue weighted by atomic mass is 10.1. The normalized spacial score (nSPS) is 11.0. The minimum absolute atomic E-state index is 0.266. The van der Waals surface area contributed by atoms with E-state index < -0.39 is 5.97 Å². The molecule has 112 valence electrons. The summed E-state index contributed by atoms with van der Waals surface area (Å²) in [6, 6.07) is 7.16.